The second kappa shape index (κ2) is 6.60. The molecule has 1 saturated carbocycles. The molecule has 24 heavy (non-hydrogen) atoms. The Morgan fingerprint density at radius 3 is 3.08 bits per heavy atom. The van der Waals surface area contributed by atoms with Crippen LogP contribution in [-0.4, -0.2) is 51.5 Å². The van der Waals surface area contributed by atoms with E-state index in [0.717, 1.165) is 11.3 Å². The van der Waals surface area contributed by atoms with Crippen LogP contribution in [0.3, 0.4) is 0 Å². The van der Waals surface area contributed by atoms with Crippen molar-refractivity contribution < 1.29 is 9.53 Å². The number of amides is 2. The first kappa shape index (κ1) is 15.1. The van der Waals surface area contributed by atoms with Crippen molar-refractivity contribution >= 4 is 6.03 Å². The van der Waals surface area contributed by atoms with Crippen LogP contribution in [0.1, 0.15) is 18.4 Å². The fourth-order valence-corrected chi connectivity index (χ4v) is 3.18. The van der Waals surface area contributed by atoms with E-state index in [0.29, 0.717) is 32.2 Å². The SMILES string of the molecule is O=C(NCc1cccc(-n2cncn2)c1)N1CCOC[C@@H]1C1CC1. The second-order valence-corrected chi connectivity index (χ2v) is 6.34. The summed E-state index contributed by atoms with van der Waals surface area (Å²) < 4.78 is 7.25. The van der Waals surface area contributed by atoms with E-state index in [-0.39, 0.29) is 12.1 Å². The van der Waals surface area contributed by atoms with Gasteiger partial charge in [0.2, 0.25) is 0 Å². The standard InChI is InChI=1S/C17H21N5O2/c23-17(21-6-7-24-10-16(21)14-4-5-14)19-9-13-2-1-3-15(8-13)22-12-18-11-20-22/h1-3,8,11-12,14,16H,4-7,9-10H2,(H,19,23)/t16-/m1/s1. The summed E-state index contributed by atoms with van der Waals surface area (Å²) in [7, 11) is 0. The van der Waals surface area contributed by atoms with Gasteiger partial charge in [-0.1, -0.05) is 12.1 Å². The van der Waals surface area contributed by atoms with Crippen LogP contribution in [0.2, 0.25) is 0 Å². The molecule has 2 aromatic rings. The number of benzene rings is 1. The molecule has 2 aliphatic rings. The fraction of sp³-hybridized carbons (Fsp3) is 0.471. The van der Waals surface area contributed by atoms with Crippen LogP contribution >= 0.6 is 0 Å². The summed E-state index contributed by atoms with van der Waals surface area (Å²) in [4.78, 5) is 18.5. The topological polar surface area (TPSA) is 72.3 Å². The average molecular weight is 327 g/mol. The third kappa shape index (κ3) is 3.26. The number of nitrogens with one attached hydrogen (secondary N) is 1. The lowest BCUT2D eigenvalue weighted by atomic mass is 10.1. The maximum atomic E-state index is 12.6. The minimum atomic E-state index is 0.00126. The van der Waals surface area contributed by atoms with Crippen molar-refractivity contribution in [3.63, 3.8) is 0 Å². The van der Waals surface area contributed by atoms with Crippen LogP contribution in [0.5, 0.6) is 0 Å². The highest BCUT2D eigenvalue weighted by Gasteiger charge is 2.39. The number of hydrogen-bond donors (Lipinski definition) is 1. The van der Waals surface area contributed by atoms with Crippen molar-refractivity contribution in [2.24, 2.45) is 5.92 Å². The number of hydrogen-bond acceptors (Lipinski definition) is 4. The van der Waals surface area contributed by atoms with Crippen LogP contribution < -0.4 is 5.32 Å². The van der Waals surface area contributed by atoms with Crippen molar-refractivity contribution in [1.82, 2.24) is 25.0 Å². The van der Waals surface area contributed by atoms with Gasteiger partial charge in [-0.3, -0.25) is 0 Å². The number of carbonyl (C=O) groups excluding carboxylic acids is 1. The number of nitrogens with zero attached hydrogens (tertiary/aromatic N) is 4. The lowest BCUT2D eigenvalue weighted by Gasteiger charge is -2.35. The van der Waals surface area contributed by atoms with Crippen molar-refractivity contribution in [2.45, 2.75) is 25.4 Å². The number of morpholine rings is 1. The summed E-state index contributed by atoms with van der Waals surface area (Å²) in [5.74, 6) is 0.617. The molecule has 0 spiro atoms. The highest BCUT2D eigenvalue weighted by molar-refractivity contribution is 5.74. The molecular weight excluding hydrogens is 306 g/mol. The molecule has 1 aromatic heterocycles. The number of carbonyl (C=O) groups is 1. The maximum absolute atomic E-state index is 12.6. The highest BCUT2D eigenvalue weighted by Crippen LogP contribution is 2.36. The molecule has 7 heteroatoms. The molecule has 126 valence electrons. The Labute approximate surface area is 140 Å². The normalized spacial score (nSPS) is 20.8. The molecule has 1 saturated heterocycles. The molecule has 4 rings (SSSR count). The Morgan fingerprint density at radius 2 is 2.29 bits per heavy atom. The van der Waals surface area contributed by atoms with E-state index < -0.39 is 0 Å². The summed E-state index contributed by atoms with van der Waals surface area (Å²) in [5, 5.41) is 7.17. The van der Waals surface area contributed by atoms with Gasteiger partial charge in [-0.05, 0) is 36.5 Å². The lowest BCUT2D eigenvalue weighted by molar-refractivity contribution is 0.00463. The van der Waals surface area contributed by atoms with Gasteiger partial charge >= 0.3 is 6.03 Å². The molecule has 1 N–H and O–H groups in total. The predicted molar refractivity (Wildman–Crippen MR) is 87.6 cm³/mol. The Balaban J connectivity index is 1.39. The van der Waals surface area contributed by atoms with E-state index in [4.69, 9.17) is 4.74 Å². The van der Waals surface area contributed by atoms with E-state index in [1.165, 1.54) is 19.2 Å². The van der Waals surface area contributed by atoms with Gasteiger partial charge in [0.05, 0.1) is 24.9 Å². The zero-order valence-corrected chi connectivity index (χ0v) is 13.5. The first-order chi connectivity index (χ1) is 11.8. The molecule has 0 radical (unpaired) electrons. The summed E-state index contributed by atoms with van der Waals surface area (Å²) in [6.45, 7) is 2.46. The first-order valence-corrected chi connectivity index (χ1v) is 8.37. The minimum absolute atomic E-state index is 0.00126. The number of ether oxygens (including phenoxy) is 1. The van der Waals surface area contributed by atoms with Gasteiger partial charge in [0.15, 0.2) is 0 Å². The lowest BCUT2D eigenvalue weighted by Crippen LogP contribution is -2.53. The Hall–Kier alpha value is -2.41. The van der Waals surface area contributed by atoms with E-state index in [1.807, 2.05) is 29.2 Å². The number of urea groups is 1. The van der Waals surface area contributed by atoms with Gasteiger partial charge < -0.3 is 15.0 Å². The van der Waals surface area contributed by atoms with Crippen LogP contribution in [0.25, 0.3) is 5.69 Å². The van der Waals surface area contributed by atoms with Crippen molar-refractivity contribution in [3.05, 3.63) is 42.5 Å². The van der Waals surface area contributed by atoms with Gasteiger partial charge in [-0.2, -0.15) is 5.10 Å². The molecule has 0 bridgehead atoms. The van der Waals surface area contributed by atoms with Crippen LogP contribution in [0.4, 0.5) is 4.79 Å². The smallest absolute Gasteiger partial charge is 0.318 e. The summed E-state index contributed by atoms with van der Waals surface area (Å²) in [6.07, 6.45) is 5.58. The zero-order valence-electron chi connectivity index (χ0n) is 13.5. The Morgan fingerprint density at radius 1 is 1.38 bits per heavy atom. The predicted octanol–water partition coefficient (Wildman–Crippen LogP) is 1.59. The molecule has 1 aromatic carbocycles. The van der Waals surface area contributed by atoms with Gasteiger partial charge in [0.25, 0.3) is 0 Å². The Kier molecular flexibility index (Phi) is 4.17. The maximum Gasteiger partial charge on any atom is 0.318 e. The summed E-state index contributed by atoms with van der Waals surface area (Å²) in [6, 6.07) is 8.16. The summed E-state index contributed by atoms with van der Waals surface area (Å²) in [5.41, 5.74) is 1.97. The van der Waals surface area contributed by atoms with E-state index in [9.17, 15) is 4.79 Å². The van der Waals surface area contributed by atoms with Crippen LogP contribution in [0.15, 0.2) is 36.9 Å². The van der Waals surface area contributed by atoms with Crippen LogP contribution in [0, 0.1) is 5.92 Å². The molecule has 1 aliphatic heterocycles. The molecule has 2 fully saturated rings. The minimum Gasteiger partial charge on any atom is -0.377 e. The third-order valence-corrected chi connectivity index (χ3v) is 4.63. The third-order valence-electron chi connectivity index (χ3n) is 4.63. The fourth-order valence-electron chi connectivity index (χ4n) is 3.18. The monoisotopic (exact) mass is 327 g/mol. The first-order valence-electron chi connectivity index (χ1n) is 8.37. The van der Waals surface area contributed by atoms with Crippen molar-refractivity contribution in [3.8, 4) is 5.69 Å². The van der Waals surface area contributed by atoms with E-state index in [2.05, 4.69) is 15.4 Å². The molecule has 1 atom stereocenters. The van der Waals surface area contributed by atoms with E-state index >= 15 is 0 Å². The molecule has 0 unspecified atom stereocenters. The molecule has 1 aliphatic carbocycles. The average Bonchev–Trinajstić information content (AvgIpc) is 3.33. The van der Waals surface area contributed by atoms with Crippen LogP contribution in [-0.2, 0) is 11.3 Å². The molecular formula is C17H21N5O2. The molecule has 7 nitrogen and oxygen atoms in total. The number of rotatable bonds is 4. The zero-order chi connectivity index (χ0) is 16.4. The van der Waals surface area contributed by atoms with Crippen molar-refractivity contribution in [2.75, 3.05) is 19.8 Å². The van der Waals surface area contributed by atoms with Gasteiger partial charge in [0.1, 0.15) is 12.7 Å². The Bertz CT molecular complexity index is 699. The van der Waals surface area contributed by atoms with Gasteiger partial charge in [0, 0.05) is 13.1 Å². The highest BCUT2D eigenvalue weighted by atomic mass is 16.5. The second-order valence-electron chi connectivity index (χ2n) is 6.34. The summed E-state index contributed by atoms with van der Waals surface area (Å²) >= 11 is 0. The van der Waals surface area contributed by atoms with Crippen molar-refractivity contribution in [1.29, 1.82) is 0 Å². The van der Waals surface area contributed by atoms with Gasteiger partial charge in [-0.25, -0.2) is 14.5 Å². The van der Waals surface area contributed by atoms with Gasteiger partial charge in [-0.15, -0.1) is 0 Å². The molecule has 2 amide bonds. The largest absolute Gasteiger partial charge is 0.377 e. The van der Waals surface area contributed by atoms with E-state index in [1.54, 1.807) is 11.0 Å². The molecule has 2 heterocycles. The quantitative estimate of drug-likeness (QED) is 0.925. The number of aromatic nitrogens is 3.